The van der Waals surface area contributed by atoms with E-state index in [1.54, 1.807) is 31.2 Å². The lowest BCUT2D eigenvalue weighted by Gasteiger charge is -2.16. The highest BCUT2D eigenvalue weighted by atomic mass is 35.5. The van der Waals surface area contributed by atoms with Gasteiger partial charge in [0.05, 0.1) is 16.5 Å². The third-order valence-corrected chi connectivity index (χ3v) is 3.36. The van der Waals surface area contributed by atoms with Crippen LogP contribution in [0.15, 0.2) is 30.5 Å². The van der Waals surface area contributed by atoms with Crippen molar-refractivity contribution >= 4 is 23.2 Å². The minimum Gasteiger partial charge on any atom is -0.487 e. The molecule has 0 aliphatic rings. The molecule has 0 aliphatic heterocycles. The van der Waals surface area contributed by atoms with E-state index in [0.717, 1.165) is 10.9 Å². The number of aryl methyl sites for hydroxylation is 1. The van der Waals surface area contributed by atoms with Crippen LogP contribution >= 0.6 is 11.6 Å². The Hall–Kier alpha value is -2.61. The molecule has 0 saturated carbocycles. The highest BCUT2D eigenvalue weighted by Crippen LogP contribution is 2.24. The Bertz CT molecular complexity index is 731. The summed E-state index contributed by atoms with van der Waals surface area (Å²) in [6, 6.07) is 6.97. The second-order valence-electron chi connectivity index (χ2n) is 4.83. The first-order valence-corrected chi connectivity index (χ1v) is 7.13. The number of aromatic nitrogens is 2. The third kappa shape index (κ3) is 3.98. The lowest BCUT2D eigenvalue weighted by molar-refractivity contribution is -0.385. The smallest absolute Gasteiger partial charge is 0.320 e. The van der Waals surface area contributed by atoms with Gasteiger partial charge in [0.15, 0.2) is 0 Å². The van der Waals surface area contributed by atoms with E-state index in [0.29, 0.717) is 10.8 Å². The third-order valence-electron chi connectivity index (χ3n) is 3.05. The van der Waals surface area contributed by atoms with Crippen molar-refractivity contribution in [3.8, 4) is 5.75 Å². The summed E-state index contributed by atoms with van der Waals surface area (Å²) in [5.74, 6) is -0.0891. The number of carbonyl (C=O) groups excluding carboxylic acids is 1. The minimum absolute atomic E-state index is 0.111. The molecule has 0 aliphatic carbocycles. The van der Waals surface area contributed by atoms with Crippen LogP contribution in [-0.2, 0) is 7.05 Å². The highest BCUT2D eigenvalue weighted by molar-refractivity contribution is 6.32. The lowest BCUT2D eigenvalue weighted by atomic mass is 10.3. The van der Waals surface area contributed by atoms with Crippen LogP contribution in [0.4, 0.5) is 5.69 Å². The molecule has 0 spiro atoms. The van der Waals surface area contributed by atoms with Crippen LogP contribution in [-0.4, -0.2) is 33.3 Å². The van der Waals surface area contributed by atoms with Crippen LogP contribution in [0.3, 0.4) is 0 Å². The Kier molecular flexibility index (Phi) is 5.17. The summed E-state index contributed by atoms with van der Waals surface area (Å²) in [6.45, 7) is 1.91. The van der Waals surface area contributed by atoms with Gasteiger partial charge in [0.25, 0.3) is 5.91 Å². The molecule has 23 heavy (non-hydrogen) atoms. The Labute approximate surface area is 137 Å². The predicted octanol–water partition coefficient (Wildman–Crippen LogP) is 2.18. The molecule has 8 nitrogen and oxygen atoms in total. The molecule has 1 aromatic heterocycles. The molecule has 1 amide bonds. The van der Waals surface area contributed by atoms with Crippen molar-refractivity contribution < 1.29 is 14.5 Å². The van der Waals surface area contributed by atoms with E-state index in [9.17, 15) is 14.9 Å². The number of para-hydroxylation sites is 1. The number of hydrogen-bond donors (Lipinski definition) is 1. The SMILES string of the molecule is C[C@@H](CNC(=O)c1c([N+](=O)[O-])cnn1C)Oc1ccccc1Cl. The summed E-state index contributed by atoms with van der Waals surface area (Å²) >= 11 is 5.99. The molecule has 0 saturated heterocycles. The Balaban J connectivity index is 1.98. The predicted molar refractivity (Wildman–Crippen MR) is 83.7 cm³/mol. The number of carbonyl (C=O) groups is 1. The minimum atomic E-state index is -0.647. The fourth-order valence-corrected chi connectivity index (χ4v) is 2.12. The fourth-order valence-electron chi connectivity index (χ4n) is 1.94. The second kappa shape index (κ2) is 7.10. The van der Waals surface area contributed by atoms with Crippen molar-refractivity contribution in [2.24, 2.45) is 7.05 Å². The molecular formula is C14H15ClN4O4. The monoisotopic (exact) mass is 338 g/mol. The number of benzene rings is 1. The Morgan fingerprint density at radius 1 is 1.52 bits per heavy atom. The number of rotatable bonds is 6. The molecule has 0 radical (unpaired) electrons. The van der Waals surface area contributed by atoms with Gasteiger partial charge in [-0.15, -0.1) is 0 Å². The van der Waals surface area contributed by atoms with Gasteiger partial charge in [-0.05, 0) is 19.1 Å². The number of nitrogens with zero attached hydrogens (tertiary/aromatic N) is 3. The molecular weight excluding hydrogens is 324 g/mol. The highest BCUT2D eigenvalue weighted by Gasteiger charge is 2.25. The van der Waals surface area contributed by atoms with Crippen molar-refractivity contribution in [3.05, 3.63) is 51.3 Å². The number of nitro groups is 1. The van der Waals surface area contributed by atoms with Gasteiger partial charge in [0.1, 0.15) is 18.1 Å². The van der Waals surface area contributed by atoms with Crippen LogP contribution in [0.1, 0.15) is 17.4 Å². The van der Waals surface area contributed by atoms with E-state index in [-0.39, 0.29) is 24.0 Å². The van der Waals surface area contributed by atoms with E-state index in [2.05, 4.69) is 10.4 Å². The van der Waals surface area contributed by atoms with Crippen LogP contribution in [0, 0.1) is 10.1 Å². The number of nitrogens with one attached hydrogen (secondary N) is 1. The molecule has 2 aromatic rings. The fraction of sp³-hybridized carbons (Fsp3) is 0.286. The molecule has 1 heterocycles. The summed E-state index contributed by atoms with van der Waals surface area (Å²) in [5, 5.41) is 17.7. The zero-order valence-corrected chi connectivity index (χ0v) is 13.3. The zero-order valence-electron chi connectivity index (χ0n) is 12.5. The number of hydrogen-bond acceptors (Lipinski definition) is 5. The van der Waals surface area contributed by atoms with Crippen LogP contribution < -0.4 is 10.1 Å². The van der Waals surface area contributed by atoms with Gasteiger partial charge in [-0.25, -0.2) is 0 Å². The molecule has 1 atom stereocenters. The molecule has 0 unspecified atom stereocenters. The van der Waals surface area contributed by atoms with Crippen LogP contribution in [0.5, 0.6) is 5.75 Å². The van der Waals surface area contributed by atoms with Crippen molar-refractivity contribution in [1.82, 2.24) is 15.1 Å². The van der Waals surface area contributed by atoms with E-state index >= 15 is 0 Å². The van der Waals surface area contributed by atoms with Crippen molar-refractivity contribution in [2.45, 2.75) is 13.0 Å². The van der Waals surface area contributed by atoms with Gasteiger partial charge in [0.2, 0.25) is 5.69 Å². The van der Waals surface area contributed by atoms with Crippen molar-refractivity contribution in [2.75, 3.05) is 6.54 Å². The quantitative estimate of drug-likeness (QED) is 0.642. The standard InChI is InChI=1S/C14H15ClN4O4/c1-9(23-12-6-4-3-5-10(12)15)7-16-14(20)13-11(19(21)22)8-17-18(13)2/h3-6,8-9H,7H2,1-2H3,(H,16,20)/t9-/m0/s1. The first-order chi connectivity index (χ1) is 10.9. The summed E-state index contributed by atoms with van der Waals surface area (Å²) in [5.41, 5.74) is -0.454. The van der Waals surface area contributed by atoms with E-state index in [1.165, 1.54) is 7.05 Å². The summed E-state index contributed by atoms with van der Waals surface area (Å²) < 4.78 is 6.78. The average molecular weight is 339 g/mol. The average Bonchev–Trinajstić information content (AvgIpc) is 2.89. The maximum Gasteiger partial charge on any atom is 0.320 e. The van der Waals surface area contributed by atoms with Gasteiger partial charge in [0, 0.05) is 7.05 Å². The number of amides is 1. The number of halogens is 1. The van der Waals surface area contributed by atoms with Crippen LogP contribution in [0.25, 0.3) is 0 Å². The number of ether oxygens (including phenoxy) is 1. The molecule has 0 fully saturated rings. The summed E-state index contributed by atoms with van der Waals surface area (Å²) in [6.07, 6.45) is 0.671. The lowest BCUT2D eigenvalue weighted by Crippen LogP contribution is -2.34. The van der Waals surface area contributed by atoms with E-state index in [1.807, 2.05) is 0 Å². The second-order valence-corrected chi connectivity index (χ2v) is 5.24. The van der Waals surface area contributed by atoms with Crippen molar-refractivity contribution in [3.63, 3.8) is 0 Å². The van der Waals surface area contributed by atoms with E-state index < -0.39 is 10.8 Å². The molecule has 9 heteroatoms. The van der Waals surface area contributed by atoms with Gasteiger partial charge in [-0.3, -0.25) is 19.6 Å². The molecule has 1 aromatic carbocycles. The first-order valence-electron chi connectivity index (χ1n) is 6.76. The largest absolute Gasteiger partial charge is 0.487 e. The van der Waals surface area contributed by atoms with Gasteiger partial charge in [-0.1, -0.05) is 23.7 Å². The maximum absolute atomic E-state index is 12.1. The van der Waals surface area contributed by atoms with Crippen molar-refractivity contribution in [1.29, 1.82) is 0 Å². The summed E-state index contributed by atoms with van der Waals surface area (Å²) in [7, 11) is 1.46. The van der Waals surface area contributed by atoms with Gasteiger partial charge in [-0.2, -0.15) is 5.10 Å². The zero-order chi connectivity index (χ0) is 17.0. The van der Waals surface area contributed by atoms with Gasteiger partial charge >= 0.3 is 5.69 Å². The molecule has 1 N–H and O–H groups in total. The first kappa shape index (κ1) is 16.8. The van der Waals surface area contributed by atoms with Gasteiger partial charge < -0.3 is 10.1 Å². The Morgan fingerprint density at radius 2 is 2.22 bits per heavy atom. The molecule has 0 bridgehead atoms. The Morgan fingerprint density at radius 3 is 2.87 bits per heavy atom. The maximum atomic E-state index is 12.1. The topological polar surface area (TPSA) is 99.3 Å². The molecule has 2 rings (SSSR count). The normalized spacial score (nSPS) is 11.8. The molecule has 122 valence electrons. The summed E-state index contributed by atoms with van der Waals surface area (Å²) in [4.78, 5) is 22.4. The van der Waals surface area contributed by atoms with E-state index in [4.69, 9.17) is 16.3 Å². The van der Waals surface area contributed by atoms with Crippen LogP contribution in [0.2, 0.25) is 5.02 Å².